The average Bonchev–Trinajstić information content (AvgIpc) is 3.11. The lowest BCUT2D eigenvalue weighted by Crippen LogP contribution is -2.49. The van der Waals surface area contributed by atoms with E-state index in [-0.39, 0.29) is 18.1 Å². The van der Waals surface area contributed by atoms with E-state index >= 15 is 0 Å². The van der Waals surface area contributed by atoms with E-state index in [2.05, 4.69) is 10.4 Å². The summed E-state index contributed by atoms with van der Waals surface area (Å²) in [5.74, 6) is -0.116. The molecule has 1 saturated heterocycles. The summed E-state index contributed by atoms with van der Waals surface area (Å²) in [7, 11) is 0. The van der Waals surface area contributed by atoms with E-state index in [0.29, 0.717) is 25.4 Å². The van der Waals surface area contributed by atoms with Crippen molar-refractivity contribution in [3.8, 4) is 0 Å². The molecule has 2 heterocycles. The summed E-state index contributed by atoms with van der Waals surface area (Å²) in [5.41, 5.74) is 1.68. The standard InChI is InChI=1S/C18H23N3O3/c1-2-21-11-15(10-19-21)18(22)20-16-8-9-23-13-17(16)24-12-14-6-4-3-5-7-14/h3-7,10-11,16-17H,2,8-9,12-13H2,1H3,(H,20,22)/t16-,17-/m1/s1. The van der Waals surface area contributed by atoms with E-state index in [1.807, 2.05) is 37.3 Å². The number of ether oxygens (including phenoxy) is 2. The van der Waals surface area contributed by atoms with Crippen molar-refractivity contribution in [2.75, 3.05) is 13.2 Å². The van der Waals surface area contributed by atoms with Gasteiger partial charge in [0.1, 0.15) is 6.10 Å². The van der Waals surface area contributed by atoms with E-state index in [9.17, 15) is 4.79 Å². The Kier molecular flexibility index (Phi) is 5.61. The molecule has 3 rings (SSSR count). The van der Waals surface area contributed by atoms with Crippen LogP contribution in [0.25, 0.3) is 0 Å². The van der Waals surface area contributed by atoms with Crippen molar-refractivity contribution in [1.29, 1.82) is 0 Å². The van der Waals surface area contributed by atoms with Gasteiger partial charge in [0.05, 0.1) is 31.0 Å². The largest absolute Gasteiger partial charge is 0.379 e. The van der Waals surface area contributed by atoms with Crippen LogP contribution >= 0.6 is 0 Å². The molecule has 1 aromatic heterocycles. The van der Waals surface area contributed by atoms with Gasteiger partial charge in [-0.05, 0) is 18.9 Å². The Morgan fingerprint density at radius 1 is 1.42 bits per heavy atom. The van der Waals surface area contributed by atoms with Gasteiger partial charge in [0.15, 0.2) is 0 Å². The normalized spacial score (nSPS) is 20.7. The molecule has 1 fully saturated rings. The minimum Gasteiger partial charge on any atom is -0.379 e. The second kappa shape index (κ2) is 8.08. The molecular formula is C18H23N3O3. The lowest BCUT2D eigenvalue weighted by Gasteiger charge is -2.32. The van der Waals surface area contributed by atoms with Crippen LogP contribution in [0.4, 0.5) is 0 Å². The number of hydrogen-bond donors (Lipinski definition) is 1. The average molecular weight is 329 g/mol. The van der Waals surface area contributed by atoms with E-state index < -0.39 is 0 Å². The van der Waals surface area contributed by atoms with Crippen molar-refractivity contribution in [2.45, 2.75) is 38.6 Å². The Balaban J connectivity index is 1.58. The number of rotatable bonds is 6. The van der Waals surface area contributed by atoms with Crippen molar-refractivity contribution < 1.29 is 14.3 Å². The van der Waals surface area contributed by atoms with Crippen LogP contribution in [0.3, 0.4) is 0 Å². The predicted octanol–water partition coefficient (Wildman–Crippen LogP) is 2.01. The topological polar surface area (TPSA) is 65.4 Å². The number of aromatic nitrogens is 2. The monoisotopic (exact) mass is 329 g/mol. The zero-order valence-electron chi connectivity index (χ0n) is 13.9. The number of nitrogens with zero attached hydrogens (tertiary/aromatic N) is 2. The van der Waals surface area contributed by atoms with Gasteiger partial charge in [-0.3, -0.25) is 9.48 Å². The smallest absolute Gasteiger partial charge is 0.254 e. The van der Waals surface area contributed by atoms with Gasteiger partial charge < -0.3 is 14.8 Å². The first-order valence-corrected chi connectivity index (χ1v) is 8.33. The fourth-order valence-corrected chi connectivity index (χ4v) is 2.72. The molecule has 1 amide bonds. The number of carbonyl (C=O) groups excluding carboxylic acids is 1. The quantitative estimate of drug-likeness (QED) is 0.880. The molecule has 24 heavy (non-hydrogen) atoms. The molecule has 2 aromatic rings. The summed E-state index contributed by atoms with van der Waals surface area (Å²) in [4.78, 5) is 12.4. The molecule has 0 saturated carbocycles. The fraction of sp³-hybridized carbons (Fsp3) is 0.444. The lowest BCUT2D eigenvalue weighted by molar-refractivity contribution is -0.0736. The highest BCUT2D eigenvalue weighted by atomic mass is 16.5. The molecule has 0 unspecified atom stereocenters. The number of aryl methyl sites for hydroxylation is 1. The highest BCUT2D eigenvalue weighted by molar-refractivity contribution is 5.93. The Hall–Kier alpha value is -2.18. The van der Waals surface area contributed by atoms with Crippen LogP contribution in [0.2, 0.25) is 0 Å². The van der Waals surface area contributed by atoms with Crippen LogP contribution in [0.15, 0.2) is 42.7 Å². The number of carbonyl (C=O) groups is 1. The van der Waals surface area contributed by atoms with Gasteiger partial charge >= 0.3 is 0 Å². The van der Waals surface area contributed by atoms with Crippen molar-refractivity contribution in [2.24, 2.45) is 0 Å². The second-order valence-corrected chi connectivity index (χ2v) is 5.86. The molecule has 0 radical (unpaired) electrons. The van der Waals surface area contributed by atoms with Gasteiger partial charge in [-0.2, -0.15) is 5.10 Å². The van der Waals surface area contributed by atoms with Gasteiger partial charge in [-0.1, -0.05) is 30.3 Å². The van der Waals surface area contributed by atoms with Crippen LogP contribution < -0.4 is 5.32 Å². The second-order valence-electron chi connectivity index (χ2n) is 5.86. The van der Waals surface area contributed by atoms with Crippen LogP contribution in [0.5, 0.6) is 0 Å². The molecule has 1 aliphatic rings. The van der Waals surface area contributed by atoms with Crippen molar-refractivity contribution in [3.63, 3.8) is 0 Å². The van der Waals surface area contributed by atoms with Crippen molar-refractivity contribution >= 4 is 5.91 Å². The third-order valence-corrected chi connectivity index (χ3v) is 4.15. The maximum absolute atomic E-state index is 12.4. The van der Waals surface area contributed by atoms with Crippen LogP contribution in [0.1, 0.15) is 29.3 Å². The van der Waals surface area contributed by atoms with Gasteiger partial charge in [0.25, 0.3) is 5.91 Å². The maximum Gasteiger partial charge on any atom is 0.254 e. The number of nitrogens with one attached hydrogen (secondary N) is 1. The zero-order valence-corrected chi connectivity index (χ0v) is 13.9. The zero-order chi connectivity index (χ0) is 16.8. The van der Waals surface area contributed by atoms with E-state index in [1.165, 1.54) is 0 Å². The van der Waals surface area contributed by atoms with Crippen molar-refractivity contribution in [3.05, 3.63) is 53.9 Å². The summed E-state index contributed by atoms with van der Waals surface area (Å²) >= 11 is 0. The molecule has 6 nitrogen and oxygen atoms in total. The summed E-state index contributed by atoms with van der Waals surface area (Å²) in [5, 5.41) is 7.21. The fourth-order valence-electron chi connectivity index (χ4n) is 2.72. The first-order valence-electron chi connectivity index (χ1n) is 8.33. The highest BCUT2D eigenvalue weighted by Gasteiger charge is 2.28. The third kappa shape index (κ3) is 4.21. The molecule has 128 valence electrons. The first kappa shape index (κ1) is 16.7. The Labute approximate surface area is 141 Å². The molecule has 0 bridgehead atoms. The van der Waals surface area contributed by atoms with Crippen LogP contribution in [-0.2, 0) is 22.6 Å². The van der Waals surface area contributed by atoms with Gasteiger partial charge in [0.2, 0.25) is 0 Å². The van der Waals surface area contributed by atoms with Crippen molar-refractivity contribution in [1.82, 2.24) is 15.1 Å². The maximum atomic E-state index is 12.4. The predicted molar refractivity (Wildman–Crippen MR) is 89.6 cm³/mol. The minimum atomic E-state index is -0.149. The number of amides is 1. The molecule has 0 spiro atoms. The van der Waals surface area contributed by atoms with E-state index in [4.69, 9.17) is 9.47 Å². The SMILES string of the molecule is CCn1cc(C(=O)N[C@@H]2CCOC[C@H]2OCc2ccccc2)cn1. The third-order valence-electron chi connectivity index (χ3n) is 4.15. The molecule has 1 N–H and O–H groups in total. The molecule has 1 aliphatic heterocycles. The Morgan fingerprint density at radius 3 is 3.00 bits per heavy atom. The van der Waals surface area contributed by atoms with Gasteiger partial charge in [0, 0.05) is 19.3 Å². The minimum absolute atomic E-state index is 0.0556. The highest BCUT2D eigenvalue weighted by Crippen LogP contribution is 2.15. The number of benzene rings is 1. The molecule has 6 heteroatoms. The van der Waals surface area contributed by atoms with Gasteiger partial charge in [-0.25, -0.2) is 0 Å². The molecule has 2 atom stereocenters. The molecule has 0 aliphatic carbocycles. The van der Waals surface area contributed by atoms with Gasteiger partial charge in [-0.15, -0.1) is 0 Å². The first-order chi connectivity index (χ1) is 11.8. The number of hydrogen-bond acceptors (Lipinski definition) is 4. The summed E-state index contributed by atoms with van der Waals surface area (Å²) in [6.45, 7) is 4.36. The lowest BCUT2D eigenvalue weighted by atomic mass is 10.1. The molecular weight excluding hydrogens is 306 g/mol. The summed E-state index contributed by atoms with van der Waals surface area (Å²) in [6, 6.07) is 9.95. The summed E-state index contributed by atoms with van der Waals surface area (Å²) in [6.07, 6.45) is 3.95. The van der Waals surface area contributed by atoms with E-state index in [0.717, 1.165) is 18.5 Å². The van der Waals surface area contributed by atoms with Crippen LogP contribution in [0, 0.1) is 0 Å². The Morgan fingerprint density at radius 2 is 2.25 bits per heavy atom. The Bertz CT molecular complexity index is 657. The summed E-state index contributed by atoms with van der Waals surface area (Å²) < 4.78 is 13.2. The van der Waals surface area contributed by atoms with E-state index in [1.54, 1.807) is 17.1 Å². The van der Waals surface area contributed by atoms with Crippen LogP contribution in [-0.4, -0.2) is 41.0 Å². The molecule has 1 aromatic carbocycles.